The Labute approximate surface area is 207 Å². The van der Waals surface area contributed by atoms with Gasteiger partial charge in [0.25, 0.3) is 0 Å². The summed E-state index contributed by atoms with van der Waals surface area (Å²) in [5.41, 5.74) is 0. The Morgan fingerprint density at radius 1 is 0.853 bits per heavy atom. The Balaban J connectivity index is 1.68. The molecule has 2 heterocycles. The first kappa shape index (κ1) is 28.3. The molecule has 0 bridgehead atoms. The van der Waals surface area contributed by atoms with Gasteiger partial charge < -0.3 is 25.0 Å². The fraction of sp³-hybridized carbons (Fsp3) is 0.833. The first-order chi connectivity index (χ1) is 16.4. The summed E-state index contributed by atoms with van der Waals surface area (Å²) in [5, 5.41) is 6.40. The number of hydrogen-bond acceptors (Lipinski definition) is 7. The van der Waals surface area contributed by atoms with Crippen LogP contribution in [-0.2, 0) is 23.9 Å². The molecule has 2 rings (SSSR count). The molecule has 3 unspecified atom stereocenters. The number of carbonyl (C=O) groups is 4. The molecule has 194 valence electrons. The molecule has 10 heteroatoms. The van der Waals surface area contributed by atoms with Crippen LogP contribution in [0.4, 0.5) is 4.79 Å². The number of thioether (sulfide) groups is 1. The summed E-state index contributed by atoms with van der Waals surface area (Å²) in [6.45, 7) is 1.38. The van der Waals surface area contributed by atoms with E-state index >= 15 is 0 Å². The van der Waals surface area contributed by atoms with Gasteiger partial charge in [0.15, 0.2) is 0 Å². The van der Waals surface area contributed by atoms with Gasteiger partial charge in [-0.2, -0.15) is 11.8 Å². The van der Waals surface area contributed by atoms with Crippen molar-refractivity contribution in [3.8, 4) is 0 Å². The van der Waals surface area contributed by atoms with E-state index in [0.29, 0.717) is 37.6 Å². The van der Waals surface area contributed by atoms with Crippen molar-refractivity contribution in [2.24, 2.45) is 0 Å². The number of nitrogens with zero attached hydrogens (tertiary/aromatic N) is 1. The van der Waals surface area contributed by atoms with Crippen molar-refractivity contribution < 1.29 is 28.7 Å². The second-order valence-electron chi connectivity index (χ2n) is 9.02. The van der Waals surface area contributed by atoms with E-state index in [1.807, 2.05) is 16.7 Å². The number of methoxy groups -OCH3 is 2. The Hall–Kier alpha value is -1.97. The fourth-order valence-corrected chi connectivity index (χ4v) is 6.03. The van der Waals surface area contributed by atoms with Crippen molar-refractivity contribution in [1.82, 2.24) is 15.5 Å². The maximum Gasteiger partial charge on any atom is 0.315 e. The number of esters is 2. The smallest absolute Gasteiger partial charge is 0.315 e. The quantitative estimate of drug-likeness (QED) is 0.180. The second kappa shape index (κ2) is 15.8. The van der Waals surface area contributed by atoms with Gasteiger partial charge in [0.1, 0.15) is 0 Å². The molecule has 9 nitrogen and oxygen atoms in total. The summed E-state index contributed by atoms with van der Waals surface area (Å²) in [6.07, 6.45) is 9.17. The van der Waals surface area contributed by atoms with E-state index in [4.69, 9.17) is 0 Å². The first-order valence-corrected chi connectivity index (χ1v) is 13.6. The van der Waals surface area contributed by atoms with Gasteiger partial charge in [0.05, 0.1) is 26.3 Å². The molecule has 0 aromatic carbocycles. The summed E-state index contributed by atoms with van der Waals surface area (Å²) in [4.78, 5) is 48.9. The molecule has 2 fully saturated rings. The molecule has 0 saturated carbocycles. The predicted molar refractivity (Wildman–Crippen MR) is 132 cm³/mol. The Morgan fingerprint density at radius 3 is 2.03 bits per heavy atom. The average Bonchev–Trinajstić information content (AvgIpc) is 3.38. The molecule has 0 radical (unpaired) electrons. The van der Waals surface area contributed by atoms with Gasteiger partial charge in [-0.15, -0.1) is 0 Å². The highest BCUT2D eigenvalue weighted by atomic mass is 32.2. The van der Waals surface area contributed by atoms with Crippen LogP contribution in [0.25, 0.3) is 0 Å². The number of unbranched alkanes of at least 4 members (excludes halogenated alkanes) is 5. The van der Waals surface area contributed by atoms with Gasteiger partial charge in [-0.25, -0.2) is 4.79 Å². The number of amides is 3. The maximum absolute atomic E-state index is 12.9. The zero-order valence-corrected chi connectivity index (χ0v) is 21.5. The minimum absolute atomic E-state index is 0.0655. The van der Waals surface area contributed by atoms with Crippen LogP contribution in [0.15, 0.2) is 0 Å². The van der Waals surface area contributed by atoms with E-state index in [2.05, 4.69) is 20.1 Å². The zero-order valence-electron chi connectivity index (χ0n) is 20.6. The largest absolute Gasteiger partial charge is 0.469 e. The molecule has 2 aliphatic heterocycles. The Bertz CT molecular complexity index is 651. The number of carbonyl (C=O) groups excluding carboxylic acids is 4. The number of rotatable bonds is 17. The fourth-order valence-electron chi connectivity index (χ4n) is 4.49. The summed E-state index contributed by atoms with van der Waals surface area (Å²) >= 11 is 1.90. The third-order valence-electron chi connectivity index (χ3n) is 6.49. The van der Waals surface area contributed by atoms with Crippen LogP contribution in [0.5, 0.6) is 0 Å². The molecule has 3 atom stereocenters. The third-order valence-corrected chi connectivity index (χ3v) is 8.00. The molecule has 2 N–H and O–H groups in total. The average molecular weight is 500 g/mol. The van der Waals surface area contributed by atoms with E-state index in [-0.39, 0.29) is 36.0 Å². The molecule has 3 amide bonds. The van der Waals surface area contributed by atoms with Crippen LogP contribution in [-0.4, -0.2) is 79.2 Å². The standard InChI is InChI=1S/C24H41N3O6S/c1-32-21(29)13-5-3-9-15-27(16-10-4-6-14-22(30)33-2)20(28)12-8-7-11-19-23-18(17-34-19)25-24(31)26-23/h18-19,23H,3-17H2,1-2H3,(H2,25,26,31). The van der Waals surface area contributed by atoms with E-state index < -0.39 is 0 Å². The highest BCUT2D eigenvalue weighted by molar-refractivity contribution is 8.00. The van der Waals surface area contributed by atoms with Crippen molar-refractivity contribution in [1.29, 1.82) is 0 Å². The van der Waals surface area contributed by atoms with Gasteiger partial charge >= 0.3 is 18.0 Å². The summed E-state index contributed by atoms with van der Waals surface area (Å²) < 4.78 is 9.35. The number of nitrogens with one attached hydrogen (secondary N) is 2. The maximum atomic E-state index is 12.9. The second-order valence-corrected chi connectivity index (χ2v) is 10.3. The predicted octanol–water partition coefficient (Wildman–Crippen LogP) is 3.01. The number of urea groups is 1. The van der Waals surface area contributed by atoms with Crippen molar-refractivity contribution >= 4 is 35.6 Å². The van der Waals surface area contributed by atoms with Crippen LogP contribution < -0.4 is 10.6 Å². The molecule has 2 saturated heterocycles. The zero-order chi connectivity index (χ0) is 24.8. The van der Waals surface area contributed by atoms with Gasteiger partial charge in [-0.05, 0) is 38.5 Å². The lowest BCUT2D eigenvalue weighted by Gasteiger charge is -2.23. The summed E-state index contributed by atoms with van der Waals surface area (Å²) in [6, 6.07) is 0.377. The third kappa shape index (κ3) is 10.1. The van der Waals surface area contributed by atoms with E-state index in [1.54, 1.807) is 0 Å². The molecular weight excluding hydrogens is 458 g/mol. The lowest BCUT2D eigenvalue weighted by molar-refractivity contribution is -0.141. The van der Waals surface area contributed by atoms with Crippen molar-refractivity contribution in [3.63, 3.8) is 0 Å². The first-order valence-electron chi connectivity index (χ1n) is 12.5. The minimum Gasteiger partial charge on any atom is -0.469 e. The lowest BCUT2D eigenvalue weighted by atomic mass is 10.0. The SMILES string of the molecule is COC(=O)CCCCCN(CCCCCC(=O)OC)C(=O)CCCCC1SCC2NC(=O)NC21. The lowest BCUT2D eigenvalue weighted by Crippen LogP contribution is -2.36. The molecule has 0 spiro atoms. The molecule has 0 aliphatic carbocycles. The normalized spacial score (nSPS) is 20.9. The highest BCUT2D eigenvalue weighted by Crippen LogP contribution is 2.33. The van der Waals surface area contributed by atoms with Crippen molar-refractivity contribution in [2.45, 2.75) is 94.4 Å². The monoisotopic (exact) mass is 499 g/mol. The van der Waals surface area contributed by atoms with Crippen molar-refractivity contribution in [2.75, 3.05) is 33.1 Å². The molecular formula is C24H41N3O6S. The van der Waals surface area contributed by atoms with Crippen molar-refractivity contribution in [3.05, 3.63) is 0 Å². The van der Waals surface area contributed by atoms with Crippen LogP contribution in [0.1, 0.15) is 77.0 Å². The minimum atomic E-state index is -0.196. The molecule has 2 aliphatic rings. The van der Waals surface area contributed by atoms with Crippen LogP contribution in [0.3, 0.4) is 0 Å². The summed E-state index contributed by atoms with van der Waals surface area (Å²) in [5.74, 6) is 0.734. The van der Waals surface area contributed by atoms with Gasteiger partial charge in [0, 0.05) is 43.4 Å². The molecule has 0 aromatic heterocycles. The Morgan fingerprint density at radius 2 is 1.44 bits per heavy atom. The number of hydrogen-bond donors (Lipinski definition) is 2. The van der Waals surface area contributed by atoms with Gasteiger partial charge in [-0.1, -0.05) is 19.3 Å². The topological polar surface area (TPSA) is 114 Å². The van der Waals surface area contributed by atoms with Gasteiger partial charge in [0.2, 0.25) is 5.91 Å². The molecule has 0 aromatic rings. The number of ether oxygens (including phenoxy) is 2. The highest BCUT2D eigenvalue weighted by Gasteiger charge is 2.42. The van der Waals surface area contributed by atoms with Gasteiger partial charge in [-0.3, -0.25) is 14.4 Å². The Kier molecular flexibility index (Phi) is 13.2. The molecule has 34 heavy (non-hydrogen) atoms. The van der Waals surface area contributed by atoms with E-state index in [1.165, 1.54) is 14.2 Å². The van der Waals surface area contributed by atoms with E-state index in [0.717, 1.165) is 63.5 Å². The van der Waals surface area contributed by atoms with Crippen LogP contribution in [0.2, 0.25) is 0 Å². The van der Waals surface area contributed by atoms with E-state index in [9.17, 15) is 19.2 Å². The van der Waals surface area contributed by atoms with Crippen LogP contribution in [0, 0.1) is 0 Å². The van der Waals surface area contributed by atoms with Crippen LogP contribution >= 0.6 is 11.8 Å². The summed E-state index contributed by atoms with van der Waals surface area (Å²) in [7, 11) is 2.79. The number of fused-ring (bicyclic) bond motifs is 1.